The number of nitrogens with one attached hydrogen (secondary N) is 2. The van der Waals surface area contributed by atoms with Crippen LogP contribution in [0.1, 0.15) is 19.8 Å². The highest BCUT2D eigenvalue weighted by atomic mass is 35.5. The molecule has 2 aromatic heterocycles. The highest BCUT2D eigenvalue weighted by Gasteiger charge is 2.21. The molecule has 3 aromatic rings. The summed E-state index contributed by atoms with van der Waals surface area (Å²) in [7, 11) is 2.17. The Labute approximate surface area is 212 Å². The van der Waals surface area contributed by atoms with Crippen molar-refractivity contribution in [2.24, 2.45) is 0 Å². The quantitative estimate of drug-likeness (QED) is 0.456. The molecule has 0 radical (unpaired) electrons. The summed E-state index contributed by atoms with van der Waals surface area (Å²) in [5, 5.41) is 4.29. The van der Waals surface area contributed by atoms with E-state index in [4.69, 9.17) is 21.3 Å². The van der Waals surface area contributed by atoms with Crippen molar-refractivity contribution in [2.45, 2.75) is 25.8 Å². The highest BCUT2D eigenvalue weighted by Crippen LogP contribution is 2.32. The zero-order valence-corrected chi connectivity index (χ0v) is 21.5. The largest absolute Gasteiger partial charge is 0.380 e. The molecule has 0 atom stereocenters. The number of anilines is 2. The predicted octanol–water partition coefficient (Wildman–Crippen LogP) is 3.94. The summed E-state index contributed by atoms with van der Waals surface area (Å²) in [6.07, 6.45) is 3.89. The monoisotopic (exact) mass is 497 g/mol. The molecule has 0 spiro atoms. The van der Waals surface area contributed by atoms with Gasteiger partial charge in [0.2, 0.25) is 0 Å². The van der Waals surface area contributed by atoms with E-state index in [-0.39, 0.29) is 0 Å². The number of rotatable bonds is 8. The second kappa shape index (κ2) is 11.1. The first-order valence-electron chi connectivity index (χ1n) is 12.8. The third-order valence-corrected chi connectivity index (χ3v) is 7.46. The summed E-state index contributed by atoms with van der Waals surface area (Å²) >= 11 is 6.56. The summed E-state index contributed by atoms with van der Waals surface area (Å²) in [6.45, 7) is 11.0. The average molecular weight is 498 g/mol. The average Bonchev–Trinajstić information content (AvgIpc) is 3.32. The summed E-state index contributed by atoms with van der Waals surface area (Å²) in [5.41, 5.74) is 4.76. The van der Waals surface area contributed by atoms with Crippen LogP contribution in [0.3, 0.4) is 0 Å². The van der Waals surface area contributed by atoms with Crippen molar-refractivity contribution in [2.75, 3.05) is 76.3 Å². The molecule has 2 fully saturated rings. The lowest BCUT2D eigenvalue weighted by molar-refractivity contribution is 0.111. The van der Waals surface area contributed by atoms with Gasteiger partial charge in [0.1, 0.15) is 11.3 Å². The number of halogens is 1. The fourth-order valence-corrected chi connectivity index (χ4v) is 5.16. The first-order valence-corrected chi connectivity index (χ1v) is 13.1. The number of piperidine rings is 1. The van der Waals surface area contributed by atoms with Gasteiger partial charge < -0.3 is 24.8 Å². The van der Waals surface area contributed by atoms with Crippen LogP contribution in [0.5, 0.6) is 0 Å². The van der Waals surface area contributed by atoms with Gasteiger partial charge in [-0.15, -0.1) is 0 Å². The van der Waals surface area contributed by atoms with Crippen molar-refractivity contribution >= 4 is 34.1 Å². The molecule has 5 rings (SSSR count). The molecule has 2 N–H and O–H groups in total. The van der Waals surface area contributed by atoms with Gasteiger partial charge in [-0.25, -0.2) is 9.97 Å². The maximum absolute atomic E-state index is 6.56. The fraction of sp³-hybridized carbons (Fsp3) is 0.538. The van der Waals surface area contributed by atoms with Gasteiger partial charge in [-0.1, -0.05) is 11.6 Å². The first kappa shape index (κ1) is 24.3. The Morgan fingerprint density at radius 2 is 1.83 bits per heavy atom. The van der Waals surface area contributed by atoms with E-state index in [1.165, 1.54) is 5.69 Å². The Morgan fingerprint density at radius 3 is 2.54 bits per heavy atom. The minimum Gasteiger partial charge on any atom is -0.380 e. The Bertz CT molecular complexity index is 1100. The second-order valence-electron chi connectivity index (χ2n) is 9.56. The number of ether oxygens (including phenoxy) is 1. The van der Waals surface area contributed by atoms with Gasteiger partial charge in [0.15, 0.2) is 5.65 Å². The van der Waals surface area contributed by atoms with E-state index < -0.39 is 0 Å². The van der Waals surface area contributed by atoms with Gasteiger partial charge in [-0.3, -0.25) is 4.90 Å². The molecule has 2 aliphatic heterocycles. The van der Waals surface area contributed by atoms with E-state index in [2.05, 4.69) is 61.3 Å². The van der Waals surface area contributed by atoms with E-state index in [1.807, 2.05) is 6.92 Å². The third-order valence-electron chi connectivity index (χ3n) is 7.17. The Hall–Kier alpha value is -2.39. The van der Waals surface area contributed by atoms with Crippen LogP contribution in [0.4, 0.5) is 11.4 Å². The summed E-state index contributed by atoms with van der Waals surface area (Å²) < 4.78 is 5.50. The maximum Gasteiger partial charge on any atom is 0.180 e. The van der Waals surface area contributed by atoms with Gasteiger partial charge in [-0.2, -0.15) is 0 Å². The molecule has 1 aromatic carbocycles. The molecule has 2 aliphatic rings. The minimum absolute atomic E-state index is 0.403. The van der Waals surface area contributed by atoms with Gasteiger partial charge in [0, 0.05) is 56.6 Å². The van der Waals surface area contributed by atoms with Crippen molar-refractivity contribution in [3.8, 4) is 11.4 Å². The molecular formula is C26H36ClN7O. The van der Waals surface area contributed by atoms with E-state index >= 15 is 0 Å². The molecule has 0 unspecified atom stereocenters. The molecule has 4 heterocycles. The first-order chi connectivity index (χ1) is 17.1. The number of piperazine rings is 1. The summed E-state index contributed by atoms with van der Waals surface area (Å²) in [5.74, 6) is 0.813. The number of fused-ring (bicyclic) bond motifs is 1. The number of nitrogens with zero attached hydrogens (tertiary/aromatic N) is 5. The Balaban J connectivity index is 1.27. The zero-order chi connectivity index (χ0) is 24.2. The number of benzene rings is 1. The van der Waals surface area contributed by atoms with Crippen LogP contribution in [0.2, 0.25) is 5.02 Å². The molecule has 0 bridgehead atoms. The van der Waals surface area contributed by atoms with Crippen LogP contribution in [0, 0.1) is 0 Å². The number of aromatic amines is 1. The van der Waals surface area contributed by atoms with Crippen molar-refractivity contribution in [3.63, 3.8) is 0 Å². The molecule has 35 heavy (non-hydrogen) atoms. The smallest absolute Gasteiger partial charge is 0.180 e. The number of pyridine rings is 1. The molecule has 8 nitrogen and oxygen atoms in total. The van der Waals surface area contributed by atoms with Crippen molar-refractivity contribution in [1.29, 1.82) is 0 Å². The van der Waals surface area contributed by atoms with Crippen molar-refractivity contribution in [1.82, 2.24) is 24.8 Å². The maximum atomic E-state index is 6.56. The lowest BCUT2D eigenvalue weighted by atomic mass is 10.1. The predicted molar refractivity (Wildman–Crippen MR) is 144 cm³/mol. The van der Waals surface area contributed by atoms with E-state index in [0.29, 0.717) is 16.7 Å². The molecule has 0 saturated carbocycles. The zero-order valence-electron chi connectivity index (χ0n) is 20.8. The summed E-state index contributed by atoms with van der Waals surface area (Å²) in [4.78, 5) is 20.0. The summed E-state index contributed by atoms with van der Waals surface area (Å²) in [6, 6.07) is 9.06. The standard InChI is InChI=1S/C26H36ClN7O/c1-3-35-17-16-33-12-14-34(15-13-33)21-6-4-19(5-7-21)25-30-24-23(22(27)18-28-26(24)31-25)29-20-8-10-32(2)11-9-20/h4-7,18,20H,3,8-17H2,1-2H3,(H2,28,29,30,31). The van der Waals surface area contributed by atoms with Gasteiger partial charge in [0.05, 0.1) is 23.5 Å². The number of imidazole rings is 1. The van der Waals surface area contributed by atoms with Gasteiger partial charge >= 0.3 is 0 Å². The van der Waals surface area contributed by atoms with Crippen molar-refractivity contribution < 1.29 is 4.74 Å². The van der Waals surface area contributed by atoms with E-state index in [0.717, 1.165) is 94.5 Å². The molecule has 0 aliphatic carbocycles. The molecule has 9 heteroatoms. The number of hydrogen-bond donors (Lipinski definition) is 2. The third kappa shape index (κ3) is 5.72. The number of hydrogen-bond acceptors (Lipinski definition) is 7. The normalized spacial score (nSPS) is 18.4. The van der Waals surface area contributed by atoms with Crippen LogP contribution >= 0.6 is 11.6 Å². The van der Waals surface area contributed by atoms with E-state index in [1.54, 1.807) is 6.20 Å². The highest BCUT2D eigenvalue weighted by molar-refractivity contribution is 6.34. The van der Waals surface area contributed by atoms with Crippen LogP contribution in [0.15, 0.2) is 30.5 Å². The fourth-order valence-electron chi connectivity index (χ4n) is 4.97. The second-order valence-corrected chi connectivity index (χ2v) is 9.97. The molecule has 188 valence electrons. The van der Waals surface area contributed by atoms with Gasteiger partial charge in [-0.05, 0) is 64.2 Å². The number of likely N-dealkylation sites (tertiary alicyclic amines) is 1. The number of H-pyrrole nitrogens is 1. The Kier molecular flexibility index (Phi) is 7.72. The van der Waals surface area contributed by atoms with Crippen molar-refractivity contribution in [3.05, 3.63) is 35.5 Å². The van der Waals surface area contributed by atoms with Crippen LogP contribution in [-0.4, -0.2) is 96.9 Å². The molecular weight excluding hydrogens is 462 g/mol. The number of aromatic nitrogens is 3. The van der Waals surface area contributed by atoms with Gasteiger partial charge in [0.25, 0.3) is 0 Å². The van der Waals surface area contributed by atoms with E-state index in [9.17, 15) is 0 Å². The molecule has 0 amide bonds. The van der Waals surface area contributed by atoms with Crippen LogP contribution in [-0.2, 0) is 4.74 Å². The van der Waals surface area contributed by atoms with Crippen LogP contribution in [0.25, 0.3) is 22.6 Å². The molecule has 2 saturated heterocycles. The lowest BCUT2D eigenvalue weighted by Crippen LogP contribution is -2.47. The lowest BCUT2D eigenvalue weighted by Gasteiger charge is -2.36. The topological polar surface area (TPSA) is 72.6 Å². The minimum atomic E-state index is 0.403. The van der Waals surface area contributed by atoms with Crippen LogP contribution < -0.4 is 10.2 Å². The Morgan fingerprint density at radius 1 is 1.09 bits per heavy atom. The SMILES string of the molecule is CCOCCN1CCN(c2ccc(-c3nc4ncc(Cl)c(NC5CCN(C)CC5)c4[nH]3)cc2)CC1.